The molecule has 98 valence electrons. The molecule has 0 aromatic heterocycles. The van der Waals surface area contributed by atoms with Crippen LogP contribution in [0.3, 0.4) is 0 Å². The molecule has 0 aliphatic heterocycles. The molecule has 1 aromatic rings. The van der Waals surface area contributed by atoms with Gasteiger partial charge in [-0.15, -0.1) is 0 Å². The molecule has 2 aliphatic carbocycles. The molecule has 0 amide bonds. The number of rotatable bonds is 4. The highest BCUT2D eigenvalue weighted by molar-refractivity contribution is 6.36. The maximum Gasteiger partial charge on any atom is 0.0459 e. The van der Waals surface area contributed by atoms with E-state index in [1.807, 2.05) is 18.2 Å². The van der Waals surface area contributed by atoms with Gasteiger partial charge in [-0.2, -0.15) is 0 Å². The Morgan fingerprint density at radius 2 is 1.78 bits per heavy atom. The summed E-state index contributed by atoms with van der Waals surface area (Å²) in [7, 11) is 0. The first kappa shape index (κ1) is 12.8. The molecule has 0 saturated heterocycles. The topological polar surface area (TPSA) is 12.0 Å². The Morgan fingerprint density at radius 1 is 1.17 bits per heavy atom. The second kappa shape index (κ2) is 4.40. The molecule has 18 heavy (non-hydrogen) atoms. The summed E-state index contributed by atoms with van der Waals surface area (Å²) in [6, 6.07) is 5.86. The Bertz CT molecular complexity index is 437. The van der Waals surface area contributed by atoms with E-state index in [1.54, 1.807) is 0 Å². The van der Waals surface area contributed by atoms with Gasteiger partial charge in [0, 0.05) is 22.0 Å². The average Bonchev–Trinajstić information content (AvgIpc) is 3.05. The Kier molecular flexibility index (Phi) is 3.12. The van der Waals surface area contributed by atoms with Crippen LogP contribution in [-0.4, -0.2) is 13.1 Å². The normalized spacial score (nSPS) is 22.8. The Labute approximate surface area is 119 Å². The highest BCUT2D eigenvalue weighted by Crippen LogP contribution is 2.69. The van der Waals surface area contributed by atoms with Crippen molar-refractivity contribution in [2.45, 2.75) is 38.0 Å². The molecule has 0 unspecified atom stereocenters. The van der Waals surface area contributed by atoms with Crippen molar-refractivity contribution in [1.29, 1.82) is 0 Å². The SMILES string of the molecule is CCNCC1(c2c(Cl)cccc2Cl)CC2(CC2)C1. The average molecular weight is 284 g/mol. The number of benzene rings is 1. The molecule has 0 radical (unpaired) electrons. The van der Waals surface area contributed by atoms with E-state index >= 15 is 0 Å². The van der Waals surface area contributed by atoms with E-state index in [0.717, 1.165) is 23.1 Å². The van der Waals surface area contributed by atoms with E-state index in [4.69, 9.17) is 23.2 Å². The van der Waals surface area contributed by atoms with Crippen molar-refractivity contribution in [2.75, 3.05) is 13.1 Å². The molecule has 1 spiro atoms. The van der Waals surface area contributed by atoms with E-state index < -0.39 is 0 Å². The fourth-order valence-corrected chi connectivity index (χ4v) is 4.47. The summed E-state index contributed by atoms with van der Waals surface area (Å²) in [5.74, 6) is 0. The molecule has 0 heterocycles. The molecule has 2 saturated carbocycles. The minimum Gasteiger partial charge on any atom is -0.316 e. The maximum atomic E-state index is 6.41. The van der Waals surface area contributed by atoms with Crippen LogP contribution < -0.4 is 5.32 Å². The van der Waals surface area contributed by atoms with Gasteiger partial charge in [-0.3, -0.25) is 0 Å². The first-order valence-corrected chi connectivity index (χ1v) is 7.52. The lowest BCUT2D eigenvalue weighted by atomic mass is 9.56. The third-order valence-corrected chi connectivity index (χ3v) is 5.22. The molecule has 1 nitrogen and oxygen atoms in total. The highest BCUT2D eigenvalue weighted by atomic mass is 35.5. The fourth-order valence-electron chi connectivity index (χ4n) is 3.67. The molecule has 2 aliphatic rings. The van der Waals surface area contributed by atoms with Crippen LogP contribution in [0.5, 0.6) is 0 Å². The van der Waals surface area contributed by atoms with Gasteiger partial charge in [0.1, 0.15) is 0 Å². The Balaban J connectivity index is 1.93. The number of halogens is 2. The van der Waals surface area contributed by atoms with Crippen molar-refractivity contribution in [3.05, 3.63) is 33.8 Å². The highest BCUT2D eigenvalue weighted by Gasteiger charge is 2.61. The Hall–Kier alpha value is -0.240. The minimum atomic E-state index is 0.169. The van der Waals surface area contributed by atoms with Crippen LogP contribution in [0.25, 0.3) is 0 Å². The second-order valence-electron chi connectivity index (χ2n) is 6.01. The molecule has 1 N–H and O–H groups in total. The van der Waals surface area contributed by atoms with E-state index in [-0.39, 0.29) is 5.41 Å². The minimum absolute atomic E-state index is 0.169. The summed E-state index contributed by atoms with van der Waals surface area (Å²) in [4.78, 5) is 0. The number of hydrogen-bond acceptors (Lipinski definition) is 1. The summed E-state index contributed by atoms with van der Waals surface area (Å²) in [6.07, 6.45) is 5.28. The van der Waals surface area contributed by atoms with Crippen molar-refractivity contribution in [3.63, 3.8) is 0 Å². The summed E-state index contributed by atoms with van der Waals surface area (Å²) in [5, 5.41) is 5.15. The van der Waals surface area contributed by atoms with Crippen LogP contribution >= 0.6 is 23.2 Å². The number of nitrogens with one attached hydrogen (secondary N) is 1. The lowest BCUT2D eigenvalue weighted by molar-refractivity contribution is 0.117. The van der Waals surface area contributed by atoms with Crippen molar-refractivity contribution in [2.24, 2.45) is 5.41 Å². The Morgan fingerprint density at radius 3 is 2.28 bits per heavy atom. The van der Waals surface area contributed by atoms with Gasteiger partial charge in [0.25, 0.3) is 0 Å². The molecule has 3 heteroatoms. The zero-order valence-corrected chi connectivity index (χ0v) is 12.2. The van der Waals surface area contributed by atoms with E-state index in [9.17, 15) is 0 Å². The predicted octanol–water partition coefficient (Wildman–Crippen LogP) is 4.41. The van der Waals surface area contributed by atoms with E-state index in [2.05, 4.69) is 12.2 Å². The smallest absolute Gasteiger partial charge is 0.0459 e. The van der Waals surface area contributed by atoms with E-state index in [0.29, 0.717) is 5.41 Å². The quantitative estimate of drug-likeness (QED) is 0.863. The van der Waals surface area contributed by atoms with Gasteiger partial charge in [0.2, 0.25) is 0 Å². The summed E-state index contributed by atoms with van der Waals surface area (Å²) >= 11 is 12.8. The zero-order valence-electron chi connectivity index (χ0n) is 10.7. The van der Waals surface area contributed by atoms with Gasteiger partial charge in [-0.25, -0.2) is 0 Å². The molecule has 3 rings (SSSR count). The molecule has 1 aromatic carbocycles. The van der Waals surface area contributed by atoms with Crippen molar-refractivity contribution in [3.8, 4) is 0 Å². The first-order valence-electron chi connectivity index (χ1n) is 6.76. The molecular formula is C15H19Cl2N. The lowest BCUT2D eigenvalue weighted by Gasteiger charge is -2.50. The van der Waals surface area contributed by atoms with Gasteiger partial charge in [0.05, 0.1) is 0 Å². The van der Waals surface area contributed by atoms with Crippen LogP contribution in [0.2, 0.25) is 10.0 Å². The second-order valence-corrected chi connectivity index (χ2v) is 6.83. The van der Waals surface area contributed by atoms with Crippen LogP contribution in [0.1, 0.15) is 38.2 Å². The van der Waals surface area contributed by atoms with Gasteiger partial charge in [-0.1, -0.05) is 36.2 Å². The maximum absolute atomic E-state index is 6.41. The fraction of sp³-hybridized carbons (Fsp3) is 0.600. The van der Waals surface area contributed by atoms with Gasteiger partial charge in [-0.05, 0) is 55.3 Å². The van der Waals surface area contributed by atoms with Crippen LogP contribution in [0, 0.1) is 5.41 Å². The predicted molar refractivity (Wildman–Crippen MR) is 77.6 cm³/mol. The van der Waals surface area contributed by atoms with Gasteiger partial charge < -0.3 is 5.32 Å². The van der Waals surface area contributed by atoms with Crippen LogP contribution in [0.4, 0.5) is 0 Å². The molecule has 0 bridgehead atoms. The molecule has 0 atom stereocenters. The molecular weight excluding hydrogens is 265 g/mol. The van der Waals surface area contributed by atoms with E-state index in [1.165, 1.54) is 31.2 Å². The lowest BCUT2D eigenvalue weighted by Crippen LogP contribution is -2.50. The standard InChI is InChI=1S/C15H19Cl2N/c1-2-18-10-15(8-14(9-15)6-7-14)13-11(16)4-3-5-12(13)17/h3-5,18H,2,6-10H2,1H3. The third kappa shape index (κ3) is 1.97. The number of hydrogen-bond donors (Lipinski definition) is 1. The first-order chi connectivity index (χ1) is 8.61. The largest absolute Gasteiger partial charge is 0.316 e. The monoisotopic (exact) mass is 283 g/mol. The van der Waals surface area contributed by atoms with Crippen molar-refractivity contribution >= 4 is 23.2 Å². The van der Waals surface area contributed by atoms with Crippen LogP contribution in [0.15, 0.2) is 18.2 Å². The number of likely N-dealkylation sites (N-methyl/N-ethyl adjacent to an activating group) is 1. The van der Waals surface area contributed by atoms with Crippen molar-refractivity contribution in [1.82, 2.24) is 5.32 Å². The zero-order chi connectivity index (χ0) is 12.8. The van der Waals surface area contributed by atoms with Gasteiger partial charge >= 0.3 is 0 Å². The van der Waals surface area contributed by atoms with Gasteiger partial charge in [0.15, 0.2) is 0 Å². The van der Waals surface area contributed by atoms with Crippen LogP contribution in [-0.2, 0) is 5.41 Å². The summed E-state index contributed by atoms with van der Waals surface area (Å²) in [5.41, 5.74) is 1.98. The third-order valence-electron chi connectivity index (χ3n) is 4.59. The van der Waals surface area contributed by atoms with Crippen molar-refractivity contribution < 1.29 is 0 Å². The summed E-state index contributed by atoms with van der Waals surface area (Å²) < 4.78 is 0. The molecule has 2 fully saturated rings. The summed E-state index contributed by atoms with van der Waals surface area (Å²) in [6.45, 7) is 4.14.